The van der Waals surface area contributed by atoms with Gasteiger partial charge in [-0.15, -0.1) is 0 Å². The molecule has 0 aliphatic heterocycles. The Bertz CT molecular complexity index is 838. The van der Waals surface area contributed by atoms with Gasteiger partial charge in [-0.2, -0.15) is 5.10 Å². The lowest BCUT2D eigenvalue weighted by Gasteiger charge is -2.08. The lowest BCUT2D eigenvalue weighted by Crippen LogP contribution is -2.09. The van der Waals surface area contributed by atoms with Crippen molar-refractivity contribution in [3.63, 3.8) is 0 Å². The van der Waals surface area contributed by atoms with Crippen LogP contribution in [0.15, 0.2) is 36.7 Å². The molecule has 0 aliphatic rings. The van der Waals surface area contributed by atoms with Crippen LogP contribution in [0.5, 0.6) is 0 Å². The third-order valence-electron chi connectivity index (χ3n) is 3.79. The van der Waals surface area contributed by atoms with E-state index < -0.39 is 0 Å². The largest absolute Gasteiger partial charge is 0.388 e. The first-order valence-corrected chi connectivity index (χ1v) is 7.50. The highest BCUT2D eigenvalue weighted by molar-refractivity contribution is 5.72. The molecule has 0 spiro atoms. The maximum atomic E-state index is 5.38. The number of hydrazine groups is 1. The minimum atomic E-state index is 0.537. The Morgan fingerprint density at radius 1 is 1.08 bits per heavy atom. The molecule has 0 aliphatic carbocycles. The first kappa shape index (κ1) is 15.8. The van der Waals surface area contributed by atoms with Crippen molar-refractivity contribution in [2.75, 3.05) is 23.1 Å². The van der Waals surface area contributed by atoms with E-state index in [0.717, 1.165) is 28.3 Å². The second-order valence-corrected chi connectivity index (χ2v) is 5.33. The lowest BCUT2D eigenvalue weighted by atomic mass is 10.1. The fourth-order valence-electron chi connectivity index (χ4n) is 2.50. The molecule has 3 rings (SSSR count). The smallest absolute Gasteiger partial charge is 0.145 e. The van der Waals surface area contributed by atoms with Gasteiger partial charge in [0.1, 0.15) is 23.8 Å². The van der Waals surface area contributed by atoms with Gasteiger partial charge in [-0.3, -0.25) is 4.68 Å². The van der Waals surface area contributed by atoms with E-state index in [9.17, 15) is 0 Å². The summed E-state index contributed by atoms with van der Waals surface area (Å²) in [5, 5.41) is 11.0. The summed E-state index contributed by atoms with van der Waals surface area (Å²) < 4.78 is 1.80. The van der Waals surface area contributed by atoms with E-state index in [2.05, 4.69) is 31.1 Å². The third kappa shape index (κ3) is 2.99. The summed E-state index contributed by atoms with van der Waals surface area (Å²) in [7, 11) is 3.79. The van der Waals surface area contributed by atoms with Crippen LogP contribution in [-0.2, 0) is 7.05 Å². The predicted octanol–water partition coefficient (Wildman–Crippen LogP) is 2.26. The van der Waals surface area contributed by atoms with Gasteiger partial charge in [0.05, 0.1) is 5.69 Å². The van der Waals surface area contributed by atoms with Crippen molar-refractivity contribution in [1.29, 1.82) is 0 Å². The number of hydrogen-bond acceptors (Lipinski definition) is 7. The minimum absolute atomic E-state index is 0.537. The van der Waals surface area contributed by atoms with Gasteiger partial charge in [0.2, 0.25) is 0 Å². The van der Waals surface area contributed by atoms with Crippen LogP contribution in [0.4, 0.5) is 23.1 Å². The summed E-state index contributed by atoms with van der Waals surface area (Å²) >= 11 is 0. The summed E-state index contributed by atoms with van der Waals surface area (Å²) in [6.07, 6.45) is 1.45. The number of benzene rings is 1. The number of hydrogen-bond donors (Lipinski definition) is 4. The van der Waals surface area contributed by atoms with Crippen molar-refractivity contribution in [3.8, 4) is 11.3 Å². The molecule has 3 aromatic rings. The van der Waals surface area contributed by atoms with Crippen LogP contribution in [0.25, 0.3) is 11.3 Å². The molecule has 0 saturated heterocycles. The number of nitrogens with one attached hydrogen (secondary N) is 3. The Balaban J connectivity index is 1.93. The molecule has 0 radical (unpaired) electrons. The zero-order valence-electron chi connectivity index (χ0n) is 13.8. The highest BCUT2D eigenvalue weighted by Gasteiger charge is 2.14. The van der Waals surface area contributed by atoms with Gasteiger partial charge in [-0.05, 0) is 19.1 Å². The fourth-order valence-corrected chi connectivity index (χ4v) is 2.50. The lowest BCUT2D eigenvalue weighted by molar-refractivity contribution is 0.779. The third-order valence-corrected chi connectivity index (χ3v) is 3.79. The first-order chi connectivity index (χ1) is 11.6. The Morgan fingerprint density at radius 2 is 1.79 bits per heavy atom. The zero-order chi connectivity index (χ0) is 17.1. The van der Waals surface area contributed by atoms with Gasteiger partial charge >= 0.3 is 0 Å². The molecule has 24 heavy (non-hydrogen) atoms. The molecule has 8 nitrogen and oxygen atoms in total. The van der Waals surface area contributed by atoms with Crippen LogP contribution in [0, 0.1) is 6.92 Å². The van der Waals surface area contributed by atoms with Crippen LogP contribution < -0.4 is 21.9 Å². The number of nitrogen functional groups attached to an aromatic ring is 1. The van der Waals surface area contributed by atoms with Crippen molar-refractivity contribution in [2.45, 2.75) is 6.92 Å². The maximum Gasteiger partial charge on any atom is 0.145 e. The van der Waals surface area contributed by atoms with Crippen LogP contribution >= 0.6 is 0 Å². The van der Waals surface area contributed by atoms with E-state index in [-0.39, 0.29) is 0 Å². The summed E-state index contributed by atoms with van der Waals surface area (Å²) in [6.45, 7) is 2.03. The highest BCUT2D eigenvalue weighted by atomic mass is 15.3. The minimum Gasteiger partial charge on any atom is -0.388 e. The monoisotopic (exact) mass is 324 g/mol. The molecule has 2 heterocycles. The topological polar surface area (TPSA) is 106 Å². The Morgan fingerprint density at radius 3 is 2.46 bits per heavy atom. The highest BCUT2D eigenvalue weighted by Crippen LogP contribution is 2.30. The van der Waals surface area contributed by atoms with Crippen molar-refractivity contribution < 1.29 is 0 Å². The SMILES string of the molecule is CNc1ccc(-c2nn(C)c(Nc3cc(NN)ncn3)c2C)cc1. The van der Waals surface area contributed by atoms with Crippen molar-refractivity contribution in [1.82, 2.24) is 19.7 Å². The molecule has 0 fully saturated rings. The predicted molar refractivity (Wildman–Crippen MR) is 96.1 cm³/mol. The standard InChI is InChI=1S/C16H20N8/c1-10-15(11-4-6-12(18-2)7-5-11)23-24(3)16(10)21-13-8-14(22-17)20-9-19-13/h4-9,18H,17H2,1-3H3,(H2,19,20,21,22). The van der Waals surface area contributed by atoms with E-state index in [1.807, 2.05) is 45.3 Å². The molecule has 5 N–H and O–H groups in total. The maximum absolute atomic E-state index is 5.38. The van der Waals surface area contributed by atoms with Gasteiger partial charge in [0.15, 0.2) is 0 Å². The van der Waals surface area contributed by atoms with Crippen molar-refractivity contribution in [2.24, 2.45) is 12.9 Å². The molecule has 2 aromatic heterocycles. The van der Waals surface area contributed by atoms with E-state index in [1.54, 1.807) is 10.7 Å². The molecule has 0 saturated carbocycles. The van der Waals surface area contributed by atoms with Crippen molar-refractivity contribution >= 4 is 23.1 Å². The number of rotatable bonds is 5. The van der Waals surface area contributed by atoms with Gasteiger partial charge < -0.3 is 16.1 Å². The number of aromatic nitrogens is 4. The number of aryl methyl sites for hydroxylation is 1. The molecule has 0 amide bonds. The second-order valence-electron chi connectivity index (χ2n) is 5.33. The number of nitrogens with zero attached hydrogens (tertiary/aromatic N) is 4. The van der Waals surface area contributed by atoms with E-state index in [0.29, 0.717) is 11.6 Å². The van der Waals surface area contributed by atoms with Gasteiger partial charge in [0, 0.05) is 37.0 Å². The number of anilines is 4. The molecule has 0 bridgehead atoms. The first-order valence-electron chi connectivity index (χ1n) is 7.50. The molecule has 1 aromatic carbocycles. The summed E-state index contributed by atoms with van der Waals surface area (Å²) in [4.78, 5) is 8.20. The normalized spacial score (nSPS) is 10.5. The van der Waals surface area contributed by atoms with Gasteiger partial charge in [0.25, 0.3) is 0 Å². The second kappa shape index (κ2) is 6.55. The van der Waals surface area contributed by atoms with Crippen LogP contribution in [0.3, 0.4) is 0 Å². The summed E-state index contributed by atoms with van der Waals surface area (Å²) in [6, 6.07) is 9.88. The van der Waals surface area contributed by atoms with E-state index in [4.69, 9.17) is 5.84 Å². The van der Waals surface area contributed by atoms with Gasteiger partial charge in [-0.1, -0.05) is 12.1 Å². The fraction of sp³-hybridized carbons (Fsp3) is 0.188. The van der Waals surface area contributed by atoms with Crippen LogP contribution in [0.2, 0.25) is 0 Å². The Labute approximate surface area is 140 Å². The van der Waals surface area contributed by atoms with Crippen LogP contribution in [-0.4, -0.2) is 26.8 Å². The molecule has 0 atom stereocenters. The van der Waals surface area contributed by atoms with E-state index >= 15 is 0 Å². The summed E-state index contributed by atoms with van der Waals surface area (Å²) in [5.41, 5.74) is 6.59. The zero-order valence-corrected chi connectivity index (χ0v) is 13.8. The number of nitrogens with two attached hydrogens (primary N) is 1. The average Bonchev–Trinajstić information content (AvgIpc) is 2.90. The molecule has 8 heteroatoms. The molecular weight excluding hydrogens is 304 g/mol. The van der Waals surface area contributed by atoms with E-state index in [1.165, 1.54) is 6.33 Å². The van der Waals surface area contributed by atoms with Crippen LogP contribution in [0.1, 0.15) is 5.56 Å². The quantitative estimate of drug-likeness (QED) is 0.421. The molecule has 0 unspecified atom stereocenters. The van der Waals surface area contributed by atoms with Crippen molar-refractivity contribution in [3.05, 3.63) is 42.2 Å². The molecular formula is C16H20N8. The van der Waals surface area contributed by atoms with Gasteiger partial charge in [-0.25, -0.2) is 15.8 Å². The molecule has 124 valence electrons. The summed E-state index contributed by atoms with van der Waals surface area (Å²) in [5.74, 6) is 7.43. The Hall–Kier alpha value is -3.13. The average molecular weight is 324 g/mol. The Kier molecular flexibility index (Phi) is 4.30.